The molecule has 0 radical (unpaired) electrons. The van der Waals surface area contributed by atoms with E-state index in [1.807, 2.05) is 20.8 Å². The van der Waals surface area contributed by atoms with Gasteiger partial charge in [0.1, 0.15) is 6.04 Å². The van der Waals surface area contributed by atoms with Crippen molar-refractivity contribution in [2.45, 2.75) is 45.4 Å². The fourth-order valence-corrected chi connectivity index (χ4v) is 3.19. The zero-order valence-electron chi connectivity index (χ0n) is 13.1. The van der Waals surface area contributed by atoms with Crippen molar-refractivity contribution in [2.24, 2.45) is 5.92 Å². The molecule has 1 saturated heterocycles. The summed E-state index contributed by atoms with van der Waals surface area (Å²) in [6.45, 7) is 6.20. The third-order valence-corrected chi connectivity index (χ3v) is 3.92. The van der Waals surface area contributed by atoms with Crippen molar-refractivity contribution >= 4 is 15.9 Å². The van der Waals surface area contributed by atoms with Gasteiger partial charge in [-0.1, -0.05) is 13.8 Å². The van der Waals surface area contributed by atoms with Crippen LogP contribution in [0, 0.1) is 5.92 Å². The molecule has 1 aliphatic heterocycles. The van der Waals surface area contributed by atoms with Gasteiger partial charge in [-0.15, -0.1) is 0 Å². The van der Waals surface area contributed by atoms with Crippen molar-refractivity contribution < 1.29 is 23.1 Å². The van der Waals surface area contributed by atoms with E-state index >= 15 is 0 Å². The molecule has 0 spiro atoms. The Labute approximate surface area is 126 Å². The predicted octanol–water partition coefficient (Wildman–Crippen LogP) is -0.441. The van der Waals surface area contributed by atoms with Gasteiger partial charge in [-0.2, -0.15) is 0 Å². The zero-order valence-corrected chi connectivity index (χ0v) is 13.9. The second-order valence-electron chi connectivity index (χ2n) is 6.07. The van der Waals surface area contributed by atoms with Crippen LogP contribution in [0.5, 0.6) is 0 Å². The SMILES string of the molecule is CC(C)CC(NS(C)(=O)=O)C(=O)N1CC(C)OC(CO)C1. The molecule has 3 unspecified atom stereocenters. The van der Waals surface area contributed by atoms with Gasteiger partial charge in [0.25, 0.3) is 0 Å². The smallest absolute Gasteiger partial charge is 0.240 e. The van der Waals surface area contributed by atoms with E-state index in [0.717, 1.165) is 6.26 Å². The zero-order chi connectivity index (χ0) is 16.2. The van der Waals surface area contributed by atoms with Gasteiger partial charge in [0.05, 0.1) is 25.1 Å². The lowest BCUT2D eigenvalue weighted by atomic mass is 10.0. The third-order valence-electron chi connectivity index (χ3n) is 3.20. The van der Waals surface area contributed by atoms with Gasteiger partial charge < -0.3 is 14.7 Å². The number of rotatable bonds is 6. The molecule has 0 bridgehead atoms. The monoisotopic (exact) mass is 322 g/mol. The number of nitrogens with zero attached hydrogens (tertiary/aromatic N) is 1. The maximum atomic E-state index is 12.6. The van der Waals surface area contributed by atoms with Crippen molar-refractivity contribution in [1.82, 2.24) is 9.62 Å². The summed E-state index contributed by atoms with van der Waals surface area (Å²) in [5.74, 6) is -0.0805. The van der Waals surface area contributed by atoms with Crippen LogP contribution in [0.15, 0.2) is 0 Å². The Morgan fingerprint density at radius 3 is 2.52 bits per heavy atom. The van der Waals surface area contributed by atoms with E-state index in [0.29, 0.717) is 13.0 Å². The van der Waals surface area contributed by atoms with Crippen molar-refractivity contribution in [2.75, 3.05) is 26.0 Å². The molecule has 1 aliphatic rings. The molecule has 1 rings (SSSR count). The topological polar surface area (TPSA) is 95.9 Å². The van der Waals surface area contributed by atoms with Crippen molar-refractivity contribution in [3.63, 3.8) is 0 Å². The van der Waals surface area contributed by atoms with Gasteiger partial charge in [0.2, 0.25) is 15.9 Å². The van der Waals surface area contributed by atoms with Gasteiger partial charge in [0.15, 0.2) is 0 Å². The molecule has 124 valence electrons. The van der Waals surface area contributed by atoms with Gasteiger partial charge in [-0.3, -0.25) is 4.79 Å². The highest BCUT2D eigenvalue weighted by Gasteiger charge is 2.33. The first-order valence-electron chi connectivity index (χ1n) is 7.14. The molecule has 1 fully saturated rings. The van der Waals surface area contributed by atoms with Gasteiger partial charge in [0, 0.05) is 13.1 Å². The largest absolute Gasteiger partial charge is 0.394 e. The molecule has 7 nitrogen and oxygen atoms in total. The highest BCUT2D eigenvalue weighted by Crippen LogP contribution is 2.15. The van der Waals surface area contributed by atoms with E-state index in [2.05, 4.69) is 4.72 Å². The summed E-state index contributed by atoms with van der Waals surface area (Å²) in [6, 6.07) is -0.773. The highest BCUT2D eigenvalue weighted by atomic mass is 32.2. The normalized spacial score (nSPS) is 25.1. The number of hydrogen-bond acceptors (Lipinski definition) is 5. The molecule has 1 amide bonds. The Bertz CT molecular complexity index is 451. The maximum Gasteiger partial charge on any atom is 0.240 e. The number of aliphatic hydroxyl groups excluding tert-OH is 1. The van der Waals surface area contributed by atoms with Gasteiger partial charge in [-0.25, -0.2) is 13.1 Å². The summed E-state index contributed by atoms with van der Waals surface area (Å²) in [6.07, 6.45) is 0.876. The number of sulfonamides is 1. The first-order valence-corrected chi connectivity index (χ1v) is 9.04. The predicted molar refractivity (Wildman–Crippen MR) is 79.2 cm³/mol. The molecule has 1 heterocycles. The maximum absolute atomic E-state index is 12.6. The lowest BCUT2D eigenvalue weighted by Gasteiger charge is -2.38. The van der Waals surface area contributed by atoms with Crippen LogP contribution in [0.3, 0.4) is 0 Å². The highest BCUT2D eigenvalue weighted by molar-refractivity contribution is 7.88. The average Bonchev–Trinajstić information content (AvgIpc) is 2.34. The number of carbonyl (C=O) groups excluding carboxylic acids is 1. The second-order valence-corrected chi connectivity index (χ2v) is 7.85. The lowest BCUT2D eigenvalue weighted by molar-refractivity contribution is -0.149. The number of aliphatic hydroxyl groups is 1. The summed E-state index contributed by atoms with van der Waals surface area (Å²) >= 11 is 0. The number of hydrogen-bond donors (Lipinski definition) is 2. The van der Waals surface area contributed by atoms with Crippen LogP contribution < -0.4 is 4.72 Å². The van der Waals surface area contributed by atoms with Gasteiger partial charge >= 0.3 is 0 Å². The van der Waals surface area contributed by atoms with E-state index in [1.54, 1.807) is 4.90 Å². The minimum Gasteiger partial charge on any atom is -0.394 e. The Morgan fingerprint density at radius 1 is 1.43 bits per heavy atom. The fourth-order valence-electron chi connectivity index (χ4n) is 2.48. The molecule has 3 atom stereocenters. The standard InChI is InChI=1S/C13H26N2O5S/c1-9(2)5-12(14-21(4,18)19)13(17)15-6-10(3)20-11(7-15)8-16/h9-12,14,16H,5-8H2,1-4H3. The molecule has 0 aromatic heterocycles. The number of ether oxygens (including phenoxy) is 1. The Balaban J connectivity index is 2.83. The second kappa shape index (κ2) is 7.53. The Morgan fingerprint density at radius 2 is 2.05 bits per heavy atom. The van der Waals surface area contributed by atoms with Crippen LogP contribution >= 0.6 is 0 Å². The first kappa shape index (κ1) is 18.3. The van der Waals surface area contributed by atoms with Crippen LogP contribution in [0.4, 0.5) is 0 Å². The third kappa shape index (κ3) is 6.29. The van der Waals surface area contributed by atoms with Crippen LogP contribution in [0.2, 0.25) is 0 Å². The van der Waals surface area contributed by atoms with E-state index in [-0.39, 0.29) is 31.1 Å². The molecule has 21 heavy (non-hydrogen) atoms. The average molecular weight is 322 g/mol. The van der Waals surface area contributed by atoms with E-state index in [1.165, 1.54) is 0 Å². The Hall–Kier alpha value is -0.700. The van der Waals surface area contributed by atoms with Crippen LogP contribution in [-0.2, 0) is 19.6 Å². The first-order chi connectivity index (χ1) is 9.62. The van der Waals surface area contributed by atoms with Crippen LogP contribution in [0.1, 0.15) is 27.2 Å². The van der Waals surface area contributed by atoms with Crippen LogP contribution in [-0.4, -0.2) is 68.5 Å². The fraction of sp³-hybridized carbons (Fsp3) is 0.923. The van der Waals surface area contributed by atoms with E-state index in [4.69, 9.17) is 4.74 Å². The molecule has 2 N–H and O–H groups in total. The molecule has 0 aromatic rings. The molecule has 0 saturated carbocycles. The van der Waals surface area contributed by atoms with Crippen LogP contribution in [0.25, 0.3) is 0 Å². The Kier molecular flexibility index (Phi) is 6.58. The summed E-state index contributed by atoms with van der Waals surface area (Å²) < 4.78 is 30.8. The number of nitrogens with one attached hydrogen (secondary N) is 1. The number of amides is 1. The van der Waals surface area contributed by atoms with Crippen molar-refractivity contribution in [3.05, 3.63) is 0 Å². The van der Waals surface area contributed by atoms with E-state index in [9.17, 15) is 18.3 Å². The summed E-state index contributed by atoms with van der Waals surface area (Å²) in [4.78, 5) is 14.2. The molecule has 0 aliphatic carbocycles. The van der Waals surface area contributed by atoms with Gasteiger partial charge in [-0.05, 0) is 19.3 Å². The molecular weight excluding hydrogens is 296 g/mol. The molecule has 8 heteroatoms. The minimum atomic E-state index is -3.46. The van der Waals surface area contributed by atoms with E-state index < -0.39 is 22.2 Å². The number of morpholine rings is 1. The molecular formula is C13H26N2O5S. The number of carbonyl (C=O) groups is 1. The quantitative estimate of drug-likeness (QED) is 0.691. The summed E-state index contributed by atoms with van der Waals surface area (Å²) in [5, 5.41) is 9.20. The lowest BCUT2D eigenvalue weighted by Crippen LogP contribution is -2.56. The van der Waals surface area contributed by atoms with Crippen molar-refractivity contribution in [1.29, 1.82) is 0 Å². The molecule has 0 aromatic carbocycles. The minimum absolute atomic E-state index is 0.164. The van der Waals surface area contributed by atoms with Crippen molar-refractivity contribution in [3.8, 4) is 0 Å². The summed E-state index contributed by atoms with van der Waals surface area (Å²) in [7, 11) is -3.46. The summed E-state index contributed by atoms with van der Waals surface area (Å²) in [5.41, 5.74) is 0.